The fraction of sp³-hybridized carbons (Fsp3) is 0.526. The predicted molar refractivity (Wildman–Crippen MR) is 92.0 cm³/mol. The highest BCUT2D eigenvalue weighted by atomic mass is 16.5. The maximum absolute atomic E-state index is 13.0. The molecule has 1 aliphatic carbocycles. The molecule has 5 heteroatoms. The largest absolute Gasteiger partial charge is 0.379 e. The van der Waals surface area contributed by atoms with Crippen LogP contribution in [0.5, 0.6) is 0 Å². The van der Waals surface area contributed by atoms with E-state index < -0.39 is 0 Å². The first kappa shape index (κ1) is 15.5. The van der Waals surface area contributed by atoms with Gasteiger partial charge in [0.2, 0.25) is 0 Å². The number of benzene rings is 1. The summed E-state index contributed by atoms with van der Waals surface area (Å²) in [4.78, 5) is 24.1. The monoisotopic (exact) mass is 325 g/mol. The zero-order chi connectivity index (χ0) is 16.7. The van der Waals surface area contributed by atoms with E-state index in [9.17, 15) is 4.79 Å². The number of aryl methyl sites for hydroxylation is 2. The second-order valence-electron chi connectivity index (χ2n) is 7.23. The van der Waals surface area contributed by atoms with Crippen molar-refractivity contribution in [2.75, 3.05) is 26.3 Å². The maximum atomic E-state index is 13.0. The molecular weight excluding hydrogens is 302 g/mol. The molecule has 1 spiro atoms. The van der Waals surface area contributed by atoms with Crippen LogP contribution in [-0.2, 0) is 4.74 Å². The molecule has 126 valence electrons. The van der Waals surface area contributed by atoms with Crippen molar-refractivity contribution >= 4 is 16.9 Å². The van der Waals surface area contributed by atoms with Crippen LogP contribution in [0.4, 0.5) is 0 Å². The third-order valence-electron chi connectivity index (χ3n) is 5.46. The van der Waals surface area contributed by atoms with Gasteiger partial charge in [0.25, 0.3) is 5.91 Å². The molecule has 0 atom stereocenters. The normalized spacial score (nSPS) is 20.0. The number of hydrogen-bond donors (Lipinski definition) is 0. The van der Waals surface area contributed by atoms with E-state index in [1.807, 2.05) is 36.9 Å². The second-order valence-corrected chi connectivity index (χ2v) is 7.23. The van der Waals surface area contributed by atoms with Gasteiger partial charge in [0.1, 0.15) is 0 Å². The van der Waals surface area contributed by atoms with Crippen LogP contribution in [0, 0.1) is 19.3 Å². The highest BCUT2D eigenvalue weighted by Crippen LogP contribution is 2.42. The van der Waals surface area contributed by atoms with Gasteiger partial charge in [0.15, 0.2) is 0 Å². The van der Waals surface area contributed by atoms with Crippen LogP contribution in [0.3, 0.4) is 0 Å². The number of nitrogens with zero attached hydrogens (tertiary/aromatic N) is 3. The summed E-state index contributed by atoms with van der Waals surface area (Å²) in [5.41, 5.74) is 4.34. The lowest BCUT2D eigenvalue weighted by Crippen LogP contribution is -2.45. The van der Waals surface area contributed by atoms with Crippen LogP contribution in [0.1, 0.15) is 41.0 Å². The minimum absolute atomic E-state index is 0.0775. The standard InChI is InChI=1S/C19H23N3O2/c1-13-14(2)21-17-10-15(4-5-16(17)20-13)18(23)22-8-9-24-12-19(11-22)6-3-7-19/h4-5,10H,3,6-9,11-12H2,1-2H3. The molecule has 5 nitrogen and oxygen atoms in total. The Labute approximate surface area is 142 Å². The fourth-order valence-corrected chi connectivity index (χ4v) is 3.69. The SMILES string of the molecule is Cc1nc2ccc(C(=O)N3CCOCC4(CCC4)C3)cc2nc1C. The fourth-order valence-electron chi connectivity index (χ4n) is 3.69. The number of fused-ring (bicyclic) bond motifs is 1. The summed E-state index contributed by atoms with van der Waals surface area (Å²) < 4.78 is 5.75. The molecule has 24 heavy (non-hydrogen) atoms. The van der Waals surface area contributed by atoms with Crippen molar-refractivity contribution in [3.8, 4) is 0 Å². The number of rotatable bonds is 1. The zero-order valence-electron chi connectivity index (χ0n) is 14.3. The second kappa shape index (κ2) is 5.81. The van der Waals surface area contributed by atoms with Crippen molar-refractivity contribution in [2.24, 2.45) is 5.41 Å². The van der Waals surface area contributed by atoms with E-state index in [0.717, 1.165) is 35.6 Å². The molecule has 0 bridgehead atoms. The van der Waals surface area contributed by atoms with Crippen molar-refractivity contribution in [1.29, 1.82) is 0 Å². The van der Waals surface area contributed by atoms with Crippen molar-refractivity contribution in [3.63, 3.8) is 0 Å². The Morgan fingerprint density at radius 1 is 1.17 bits per heavy atom. The number of hydrogen-bond acceptors (Lipinski definition) is 4. The molecule has 2 aromatic rings. The minimum Gasteiger partial charge on any atom is -0.379 e. The molecule has 4 rings (SSSR count). The van der Waals surface area contributed by atoms with Gasteiger partial charge in [-0.05, 0) is 44.9 Å². The van der Waals surface area contributed by atoms with Gasteiger partial charge in [-0.3, -0.25) is 4.79 Å². The van der Waals surface area contributed by atoms with Crippen LogP contribution in [-0.4, -0.2) is 47.1 Å². The molecular formula is C19H23N3O2. The van der Waals surface area contributed by atoms with E-state index in [2.05, 4.69) is 9.97 Å². The maximum Gasteiger partial charge on any atom is 0.254 e. The summed E-state index contributed by atoms with van der Waals surface area (Å²) in [5, 5.41) is 0. The number of ether oxygens (including phenoxy) is 1. The van der Waals surface area contributed by atoms with Crippen LogP contribution in [0.2, 0.25) is 0 Å². The van der Waals surface area contributed by atoms with Crippen molar-refractivity contribution in [3.05, 3.63) is 35.2 Å². The minimum atomic E-state index is 0.0775. The van der Waals surface area contributed by atoms with E-state index in [4.69, 9.17) is 4.74 Å². The zero-order valence-corrected chi connectivity index (χ0v) is 14.3. The van der Waals surface area contributed by atoms with Gasteiger partial charge in [0, 0.05) is 24.1 Å². The van der Waals surface area contributed by atoms with Gasteiger partial charge < -0.3 is 9.64 Å². The van der Waals surface area contributed by atoms with E-state index in [-0.39, 0.29) is 11.3 Å². The van der Waals surface area contributed by atoms with Gasteiger partial charge in [-0.25, -0.2) is 9.97 Å². The van der Waals surface area contributed by atoms with Gasteiger partial charge in [-0.2, -0.15) is 0 Å². The van der Waals surface area contributed by atoms with Crippen molar-refractivity contribution in [2.45, 2.75) is 33.1 Å². The third-order valence-corrected chi connectivity index (χ3v) is 5.46. The molecule has 1 aromatic carbocycles. The molecule has 1 aromatic heterocycles. The molecule has 0 N–H and O–H groups in total. The van der Waals surface area contributed by atoms with Gasteiger partial charge in [0.05, 0.1) is 35.6 Å². The number of amides is 1. The smallest absolute Gasteiger partial charge is 0.254 e. The van der Waals surface area contributed by atoms with Crippen LogP contribution in [0.25, 0.3) is 11.0 Å². The molecule has 1 saturated heterocycles. The van der Waals surface area contributed by atoms with E-state index in [1.54, 1.807) is 0 Å². The van der Waals surface area contributed by atoms with Gasteiger partial charge >= 0.3 is 0 Å². The predicted octanol–water partition coefficient (Wildman–Crippen LogP) is 2.89. The van der Waals surface area contributed by atoms with E-state index >= 15 is 0 Å². The van der Waals surface area contributed by atoms with Crippen LogP contribution < -0.4 is 0 Å². The molecule has 2 heterocycles. The lowest BCUT2D eigenvalue weighted by atomic mass is 9.69. The lowest BCUT2D eigenvalue weighted by Gasteiger charge is -2.42. The van der Waals surface area contributed by atoms with E-state index in [0.29, 0.717) is 18.7 Å². The highest BCUT2D eigenvalue weighted by Gasteiger charge is 2.41. The Balaban J connectivity index is 1.63. The molecule has 0 unspecified atom stereocenters. The third kappa shape index (κ3) is 2.67. The molecule has 1 saturated carbocycles. The summed E-state index contributed by atoms with van der Waals surface area (Å²) in [6, 6.07) is 5.64. The number of carbonyl (C=O) groups excluding carboxylic acids is 1. The first-order chi connectivity index (χ1) is 11.6. The molecule has 2 aliphatic rings. The Hall–Kier alpha value is -2.01. The van der Waals surface area contributed by atoms with Crippen LogP contribution >= 0.6 is 0 Å². The van der Waals surface area contributed by atoms with Gasteiger partial charge in [-0.1, -0.05) is 6.42 Å². The average Bonchev–Trinajstić information content (AvgIpc) is 2.78. The van der Waals surface area contributed by atoms with Crippen molar-refractivity contribution in [1.82, 2.24) is 14.9 Å². The summed E-state index contributed by atoms with van der Waals surface area (Å²) >= 11 is 0. The summed E-state index contributed by atoms with van der Waals surface area (Å²) in [5.74, 6) is 0.0775. The Morgan fingerprint density at radius 3 is 2.62 bits per heavy atom. The number of carbonyl (C=O) groups is 1. The first-order valence-electron chi connectivity index (χ1n) is 8.68. The Bertz CT molecular complexity index is 799. The van der Waals surface area contributed by atoms with Crippen LogP contribution in [0.15, 0.2) is 18.2 Å². The molecule has 1 amide bonds. The summed E-state index contributed by atoms with van der Waals surface area (Å²) in [7, 11) is 0. The highest BCUT2D eigenvalue weighted by molar-refractivity contribution is 5.97. The lowest BCUT2D eigenvalue weighted by molar-refractivity contribution is 0.0104. The van der Waals surface area contributed by atoms with E-state index in [1.165, 1.54) is 19.3 Å². The molecule has 0 radical (unpaired) electrons. The summed E-state index contributed by atoms with van der Waals surface area (Å²) in [6.07, 6.45) is 3.58. The summed E-state index contributed by atoms with van der Waals surface area (Å²) in [6.45, 7) is 6.79. The quantitative estimate of drug-likeness (QED) is 0.809. The Morgan fingerprint density at radius 2 is 1.92 bits per heavy atom. The molecule has 2 fully saturated rings. The topological polar surface area (TPSA) is 55.3 Å². The van der Waals surface area contributed by atoms with Gasteiger partial charge in [-0.15, -0.1) is 0 Å². The Kier molecular flexibility index (Phi) is 3.76. The number of aromatic nitrogens is 2. The molecule has 1 aliphatic heterocycles. The van der Waals surface area contributed by atoms with Crippen molar-refractivity contribution < 1.29 is 9.53 Å². The first-order valence-corrected chi connectivity index (χ1v) is 8.68. The average molecular weight is 325 g/mol.